The minimum absolute atomic E-state index is 0.0216. The predicted octanol–water partition coefficient (Wildman–Crippen LogP) is 6.03. The van der Waals surface area contributed by atoms with Crippen molar-refractivity contribution < 1.29 is 27.8 Å². The normalized spacial score (nSPS) is 29.9. The zero-order valence-electron chi connectivity index (χ0n) is 24.1. The van der Waals surface area contributed by atoms with E-state index in [1.807, 2.05) is 6.20 Å². The molecule has 5 rings (SSSR count). The maximum absolute atomic E-state index is 12.9. The molecule has 2 aromatic heterocycles. The number of fused-ring (bicyclic) bond motifs is 1. The van der Waals surface area contributed by atoms with Crippen LogP contribution in [0.25, 0.3) is 10.9 Å². The molecule has 1 aliphatic carbocycles. The van der Waals surface area contributed by atoms with Gasteiger partial charge in [0.15, 0.2) is 0 Å². The van der Waals surface area contributed by atoms with Gasteiger partial charge in [0.1, 0.15) is 6.10 Å². The summed E-state index contributed by atoms with van der Waals surface area (Å²) < 4.78 is 51.3. The van der Waals surface area contributed by atoms with Crippen molar-refractivity contribution in [3.8, 4) is 5.88 Å². The Morgan fingerprint density at radius 2 is 1.88 bits per heavy atom. The summed E-state index contributed by atoms with van der Waals surface area (Å²) in [5.41, 5.74) is 1.59. The molecule has 11 heteroatoms. The third-order valence-corrected chi connectivity index (χ3v) is 8.86. The Bertz CT molecular complexity index is 1140. The first-order valence-corrected chi connectivity index (χ1v) is 15.4. The summed E-state index contributed by atoms with van der Waals surface area (Å²) in [6, 6.07) is -0.181. The molecule has 5 atom stereocenters. The van der Waals surface area contributed by atoms with E-state index in [0.717, 1.165) is 70.0 Å². The summed E-state index contributed by atoms with van der Waals surface area (Å²) in [5, 5.41) is 17.3. The van der Waals surface area contributed by atoms with E-state index in [0.29, 0.717) is 47.8 Å². The number of ether oxygens (including phenoxy) is 2. The minimum Gasteiger partial charge on any atom is -0.474 e. The highest BCUT2D eigenvalue weighted by molar-refractivity contribution is 5.86. The van der Waals surface area contributed by atoms with Crippen molar-refractivity contribution in [3.63, 3.8) is 0 Å². The molecule has 2 saturated heterocycles. The maximum atomic E-state index is 12.9. The number of rotatable bonds is 10. The molecule has 3 fully saturated rings. The number of pyridine rings is 1. The SMILES string of the molecule is CC[C@@H]1C[C@@H](Oc2ncc([C@H]3CC[C@H](O)CC3)c3nc(N[C@@H](C)CC(F)(F)F)ncc23)C[C@H](CC[C@@H]2CCCO2)N1. The van der Waals surface area contributed by atoms with Gasteiger partial charge in [0.25, 0.3) is 0 Å². The van der Waals surface area contributed by atoms with Crippen molar-refractivity contribution in [2.75, 3.05) is 11.9 Å². The largest absolute Gasteiger partial charge is 0.474 e. The highest BCUT2D eigenvalue weighted by atomic mass is 19.4. The van der Waals surface area contributed by atoms with Crippen LogP contribution < -0.4 is 15.4 Å². The van der Waals surface area contributed by atoms with E-state index in [1.54, 1.807) is 6.20 Å². The van der Waals surface area contributed by atoms with Gasteiger partial charge in [-0.3, -0.25) is 0 Å². The zero-order chi connectivity index (χ0) is 29.0. The first-order chi connectivity index (χ1) is 19.7. The summed E-state index contributed by atoms with van der Waals surface area (Å²) >= 11 is 0. The number of anilines is 1. The van der Waals surface area contributed by atoms with E-state index in [-0.39, 0.29) is 24.1 Å². The summed E-state index contributed by atoms with van der Waals surface area (Å²) in [5.74, 6) is 0.781. The van der Waals surface area contributed by atoms with Crippen LogP contribution in [0.4, 0.5) is 19.1 Å². The molecule has 1 saturated carbocycles. The molecule has 0 bridgehead atoms. The Balaban J connectivity index is 1.37. The Kier molecular flexibility index (Phi) is 9.86. The number of piperidine rings is 1. The van der Waals surface area contributed by atoms with Gasteiger partial charge in [-0.25, -0.2) is 15.0 Å². The lowest BCUT2D eigenvalue weighted by molar-refractivity contribution is -0.136. The minimum atomic E-state index is -4.28. The Morgan fingerprint density at radius 1 is 1.10 bits per heavy atom. The smallest absolute Gasteiger partial charge is 0.391 e. The zero-order valence-corrected chi connectivity index (χ0v) is 24.1. The number of aliphatic hydroxyl groups excluding tert-OH is 1. The van der Waals surface area contributed by atoms with Crippen molar-refractivity contribution >= 4 is 16.9 Å². The Morgan fingerprint density at radius 3 is 2.59 bits per heavy atom. The van der Waals surface area contributed by atoms with Crippen molar-refractivity contribution in [2.45, 2.75) is 139 Å². The molecule has 0 unspecified atom stereocenters. The van der Waals surface area contributed by atoms with E-state index in [9.17, 15) is 18.3 Å². The molecule has 3 aliphatic rings. The first kappa shape index (κ1) is 30.2. The molecular formula is C30H44F3N5O3. The summed E-state index contributed by atoms with van der Waals surface area (Å²) in [7, 11) is 0. The van der Waals surface area contributed by atoms with Crippen LogP contribution in [0.1, 0.15) is 102 Å². The van der Waals surface area contributed by atoms with Gasteiger partial charge in [-0.15, -0.1) is 0 Å². The average Bonchev–Trinajstić information content (AvgIpc) is 3.45. The molecule has 4 heterocycles. The van der Waals surface area contributed by atoms with Crippen LogP contribution in [-0.2, 0) is 4.74 Å². The van der Waals surface area contributed by atoms with E-state index < -0.39 is 18.6 Å². The second kappa shape index (κ2) is 13.4. The lowest BCUT2D eigenvalue weighted by Crippen LogP contribution is -2.49. The molecule has 2 aliphatic heterocycles. The molecule has 0 aromatic carbocycles. The van der Waals surface area contributed by atoms with Crippen LogP contribution >= 0.6 is 0 Å². The number of halogens is 3. The van der Waals surface area contributed by atoms with Crippen LogP contribution in [0.3, 0.4) is 0 Å². The van der Waals surface area contributed by atoms with Gasteiger partial charge in [-0.1, -0.05) is 6.92 Å². The highest BCUT2D eigenvalue weighted by Crippen LogP contribution is 2.38. The van der Waals surface area contributed by atoms with Gasteiger partial charge in [0, 0.05) is 42.7 Å². The highest BCUT2D eigenvalue weighted by Gasteiger charge is 2.32. The van der Waals surface area contributed by atoms with Crippen molar-refractivity contribution in [1.82, 2.24) is 20.3 Å². The molecule has 2 aromatic rings. The molecule has 228 valence electrons. The third-order valence-electron chi connectivity index (χ3n) is 8.86. The van der Waals surface area contributed by atoms with Crippen molar-refractivity contribution in [1.29, 1.82) is 0 Å². The standard InChI is InChI=1S/C30H44F3N5O3/c1-3-20-13-24(14-21(37-20)8-11-23-5-4-12-40-23)41-28-26-17-35-29(36-18(2)15-30(31,32)33)38-27(26)25(16-34-28)19-6-9-22(39)10-7-19/h16-24,37,39H,3-15H2,1-2H3,(H,35,36,38)/t18-,19-,20+,21-,22-,23-,24+/m0/s1. The van der Waals surface area contributed by atoms with Gasteiger partial charge >= 0.3 is 6.18 Å². The molecule has 3 N–H and O–H groups in total. The number of alkyl halides is 3. The fourth-order valence-electron chi connectivity index (χ4n) is 6.68. The van der Waals surface area contributed by atoms with Crippen LogP contribution in [0.5, 0.6) is 5.88 Å². The van der Waals surface area contributed by atoms with Gasteiger partial charge in [0.05, 0.1) is 29.5 Å². The van der Waals surface area contributed by atoms with Crippen molar-refractivity contribution in [2.24, 2.45) is 0 Å². The van der Waals surface area contributed by atoms with E-state index in [2.05, 4.69) is 22.5 Å². The predicted molar refractivity (Wildman–Crippen MR) is 151 cm³/mol. The number of hydrogen-bond donors (Lipinski definition) is 3. The monoisotopic (exact) mass is 579 g/mol. The van der Waals surface area contributed by atoms with Crippen LogP contribution in [0.2, 0.25) is 0 Å². The third kappa shape index (κ3) is 8.20. The number of aliphatic hydroxyl groups is 1. The second-order valence-electron chi connectivity index (χ2n) is 12.2. The quantitative estimate of drug-likeness (QED) is 0.314. The molecule has 8 nitrogen and oxygen atoms in total. The maximum Gasteiger partial charge on any atom is 0.391 e. The fraction of sp³-hybridized carbons (Fsp3) is 0.767. The Labute approximate surface area is 240 Å². The second-order valence-corrected chi connectivity index (χ2v) is 12.2. The van der Waals surface area contributed by atoms with E-state index in [1.165, 1.54) is 6.92 Å². The van der Waals surface area contributed by atoms with Crippen molar-refractivity contribution in [3.05, 3.63) is 18.0 Å². The molecule has 41 heavy (non-hydrogen) atoms. The van der Waals surface area contributed by atoms with Gasteiger partial charge in [0.2, 0.25) is 11.8 Å². The first-order valence-electron chi connectivity index (χ1n) is 15.4. The van der Waals surface area contributed by atoms with Gasteiger partial charge in [-0.2, -0.15) is 13.2 Å². The topological polar surface area (TPSA) is 101 Å². The molecule has 0 radical (unpaired) electrons. The van der Waals surface area contributed by atoms with E-state index in [4.69, 9.17) is 19.4 Å². The van der Waals surface area contributed by atoms with Gasteiger partial charge < -0.3 is 25.2 Å². The molecule has 0 amide bonds. The summed E-state index contributed by atoms with van der Waals surface area (Å²) in [6.45, 7) is 4.52. The lowest BCUT2D eigenvalue weighted by atomic mass is 9.83. The number of nitrogens with zero attached hydrogens (tertiary/aromatic N) is 3. The average molecular weight is 580 g/mol. The number of nitrogens with one attached hydrogen (secondary N) is 2. The molecular weight excluding hydrogens is 535 g/mol. The van der Waals surface area contributed by atoms with E-state index >= 15 is 0 Å². The summed E-state index contributed by atoms with van der Waals surface area (Å²) in [4.78, 5) is 13.8. The van der Waals surface area contributed by atoms with Gasteiger partial charge in [-0.05, 0) is 83.5 Å². The van der Waals surface area contributed by atoms with Crippen LogP contribution in [0.15, 0.2) is 12.4 Å². The summed E-state index contributed by atoms with van der Waals surface area (Å²) in [6.07, 6.45) is 8.31. The number of hydrogen-bond acceptors (Lipinski definition) is 8. The fourth-order valence-corrected chi connectivity index (χ4v) is 6.68. The molecule has 0 spiro atoms. The lowest BCUT2D eigenvalue weighted by Gasteiger charge is -2.36. The van der Waals surface area contributed by atoms with Crippen LogP contribution in [0, 0.1) is 0 Å². The van der Waals surface area contributed by atoms with Crippen LogP contribution in [-0.4, -0.2) is 69.3 Å². The number of aromatic nitrogens is 3. The Hall–Kier alpha value is -2.24.